The van der Waals surface area contributed by atoms with Crippen molar-refractivity contribution in [3.05, 3.63) is 39.9 Å². The fraction of sp³-hybridized carbons (Fsp3) is 0.182. The van der Waals surface area contributed by atoms with E-state index in [4.69, 9.17) is 0 Å². The number of halogens is 1. The predicted octanol–water partition coefficient (Wildman–Crippen LogP) is 2.94. The number of carbonyl (C=O) groups is 1. The summed E-state index contributed by atoms with van der Waals surface area (Å²) in [6.45, 7) is 1.99. The second-order valence-electron chi connectivity index (χ2n) is 2.86. The molecular formula is C11H11BrO2. The van der Waals surface area contributed by atoms with Gasteiger partial charge in [-0.3, -0.25) is 0 Å². The van der Waals surface area contributed by atoms with Crippen LogP contribution in [0.25, 0.3) is 6.08 Å². The van der Waals surface area contributed by atoms with Crippen molar-refractivity contribution in [2.24, 2.45) is 0 Å². The standard InChI is InChI=1S/C11H11BrO2/c1-8-3-5-10(12)7-9(8)4-6-11(13)14-2/h3-7H,1-2H3/b6-4+. The van der Waals surface area contributed by atoms with Gasteiger partial charge in [-0.1, -0.05) is 22.0 Å². The van der Waals surface area contributed by atoms with Crippen LogP contribution >= 0.6 is 15.9 Å². The number of hydrogen-bond acceptors (Lipinski definition) is 2. The molecule has 0 aromatic heterocycles. The maximum Gasteiger partial charge on any atom is 0.330 e. The molecule has 0 aliphatic rings. The zero-order valence-electron chi connectivity index (χ0n) is 8.08. The fourth-order valence-corrected chi connectivity index (χ4v) is 1.40. The first-order chi connectivity index (χ1) is 6.63. The van der Waals surface area contributed by atoms with Crippen LogP contribution in [-0.2, 0) is 9.53 Å². The maximum absolute atomic E-state index is 10.9. The molecule has 0 spiro atoms. The van der Waals surface area contributed by atoms with Crippen LogP contribution in [0.4, 0.5) is 0 Å². The molecule has 0 saturated carbocycles. The van der Waals surface area contributed by atoms with Crippen LogP contribution in [0, 0.1) is 6.92 Å². The van der Waals surface area contributed by atoms with E-state index in [-0.39, 0.29) is 5.97 Å². The predicted molar refractivity (Wildman–Crippen MR) is 59.9 cm³/mol. The lowest BCUT2D eigenvalue weighted by molar-refractivity contribution is -0.134. The van der Waals surface area contributed by atoms with Gasteiger partial charge in [0.15, 0.2) is 0 Å². The summed E-state index contributed by atoms with van der Waals surface area (Å²) in [6, 6.07) is 5.90. The van der Waals surface area contributed by atoms with Crippen molar-refractivity contribution < 1.29 is 9.53 Å². The zero-order chi connectivity index (χ0) is 10.6. The third-order valence-corrected chi connectivity index (χ3v) is 2.33. The molecule has 0 bridgehead atoms. The van der Waals surface area contributed by atoms with Gasteiger partial charge in [0.1, 0.15) is 0 Å². The highest BCUT2D eigenvalue weighted by Crippen LogP contribution is 2.17. The van der Waals surface area contributed by atoms with Gasteiger partial charge in [0.2, 0.25) is 0 Å². The Morgan fingerprint density at radius 2 is 2.21 bits per heavy atom. The highest BCUT2D eigenvalue weighted by molar-refractivity contribution is 9.10. The largest absolute Gasteiger partial charge is 0.466 e. The van der Waals surface area contributed by atoms with Crippen molar-refractivity contribution in [1.82, 2.24) is 0 Å². The summed E-state index contributed by atoms with van der Waals surface area (Å²) < 4.78 is 5.50. The molecule has 2 nitrogen and oxygen atoms in total. The summed E-state index contributed by atoms with van der Waals surface area (Å²) in [7, 11) is 1.36. The lowest BCUT2D eigenvalue weighted by atomic mass is 10.1. The van der Waals surface area contributed by atoms with Crippen molar-refractivity contribution >= 4 is 28.0 Å². The van der Waals surface area contributed by atoms with Crippen LogP contribution < -0.4 is 0 Å². The zero-order valence-corrected chi connectivity index (χ0v) is 9.67. The molecule has 3 heteroatoms. The van der Waals surface area contributed by atoms with E-state index in [1.165, 1.54) is 13.2 Å². The number of methoxy groups -OCH3 is 1. The second kappa shape index (κ2) is 4.96. The summed E-state index contributed by atoms with van der Waals surface area (Å²) in [5.74, 6) is -0.343. The Bertz CT molecular complexity index is 370. The van der Waals surface area contributed by atoms with Gasteiger partial charge in [-0.15, -0.1) is 0 Å². The quantitative estimate of drug-likeness (QED) is 0.600. The topological polar surface area (TPSA) is 26.3 Å². The Morgan fingerprint density at radius 1 is 1.50 bits per heavy atom. The molecule has 0 fully saturated rings. The normalized spacial score (nSPS) is 10.5. The molecule has 0 heterocycles. The van der Waals surface area contributed by atoms with Crippen LogP contribution in [0.15, 0.2) is 28.7 Å². The Morgan fingerprint density at radius 3 is 2.86 bits per heavy atom. The van der Waals surface area contributed by atoms with E-state index in [1.54, 1.807) is 6.08 Å². The molecule has 0 aliphatic carbocycles. The van der Waals surface area contributed by atoms with Crippen LogP contribution in [0.2, 0.25) is 0 Å². The van der Waals surface area contributed by atoms with Crippen molar-refractivity contribution in [1.29, 1.82) is 0 Å². The molecular weight excluding hydrogens is 244 g/mol. The minimum Gasteiger partial charge on any atom is -0.466 e. The number of rotatable bonds is 2. The van der Waals surface area contributed by atoms with Gasteiger partial charge in [-0.2, -0.15) is 0 Å². The van der Waals surface area contributed by atoms with E-state index in [0.717, 1.165) is 15.6 Å². The molecule has 0 N–H and O–H groups in total. The molecule has 0 radical (unpaired) electrons. The molecule has 0 amide bonds. The number of carbonyl (C=O) groups excluding carboxylic acids is 1. The molecule has 14 heavy (non-hydrogen) atoms. The first-order valence-electron chi connectivity index (χ1n) is 4.15. The Hall–Kier alpha value is -1.09. The number of benzene rings is 1. The number of hydrogen-bond donors (Lipinski definition) is 0. The van der Waals surface area contributed by atoms with E-state index < -0.39 is 0 Å². The van der Waals surface area contributed by atoms with E-state index in [9.17, 15) is 4.79 Å². The van der Waals surface area contributed by atoms with Crippen molar-refractivity contribution in [2.75, 3.05) is 7.11 Å². The smallest absolute Gasteiger partial charge is 0.330 e. The lowest BCUT2D eigenvalue weighted by Gasteiger charge is -2.00. The minimum atomic E-state index is -0.343. The number of aryl methyl sites for hydroxylation is 1. The lowest BCUT2D eigenvalue weighted by Crippen LogP contribution is -1.93. The Balaban J connectivity index is 2.90. The average Bonchev–Trinajstić information content (AvgIpc) is 2.19. The van der Waals surface area contributed by atoms with E-state index >= 15 is 0 Å². The second-order valence-corrected chi connectivity index (χ2v) is 3.77. The number of ether oxygens (including phenoxy) is 1. The minimum absolute atomic E-state index is 0.343. The molecule has 1 aromatic rings. The molecule has 1 rings (SSSR count). The highest BCUT2D eigenvalue weighted by atomic mass is 79.9. The van der Waals surface area contributed by atoms with E-state index in [1.807, 2.05) is 25.1 Å². The van der Waals surface area contributed by atoms with Gasteiger partial charge in [0, 0.05) is 10.5 Å². The first kappa shape index (κ1) is 11.0. The van der Waals surface area contributed by atoms with Gasteiger partial charge in [0.25, 0.3) is 0 Å². The summed E-state index contributed by atoms with van der Waals surface area (Å²) in [5.41, 5.74) is 2.12. The third-order valence-electron chi connectivity index (χ3n) is 1.84. The summed E-state index contributed by atoms with van der Waals surface area (Å²) >= 11 is 3.37. The van der Waals surface area contributed by atoms with Crippen molar-refractivity contribution in [2.45, 2.75) is 6.92 Å². The van der Waals surface area contributed by atoms with E-state index in [2.05, 4.69) is 20.7 Å². The fourth-order valence-electron chi connectivity index (χ4n) is 1.02. The molecule has 0 saturated heterocycles. The van der Waals surface area contributed by atoms with Crippen LogP contribution in [-0.4, -0.2) is 13.1 Å². The first-order valence-corrected chi connectivity index (χ1v) is 4.95. The van der Waals surface area contributed by atoms with Crippen molar-refractivity contribution in [3.8, 4) is 0 Å². The summed E-state index contributed by atoms with van der Waals surface area (Å²) in [4.78, 5) is 10.9. The molecule has 0 atom stereocenters. The highest BCUT2D eigenvalue weighted by Gasteiger charge is 1.96. The van der Waals surface area contributed by atoms with Gasteiger partial charge in [0.05, 0.1) is 7.11 Å². The van der Waals surface area contributed by atoms with Gasteiger partial charge in [-0.05, 0) is 36.3 Å². The molecule has 74 valence electrons. The molecule has 1 aromatic carbocycles. The molecule has 0 aliphatic heterocycles. The van der Waals surface area contributed by atoms with Crippen LogP contribution in [0.5, 0.6) is 0 Å². The van der Waals surface area contributed by atoms with E-state index in [0.29, 0.717) is 0 Å². The Labute approximate surface area is 91.7 Å². The van der Waals surface area contributed by atoms with Gasteiger partial charge < -0.3 is 4.74 Å². The SMILES string of the molecule is COC(=O)/C=C/c1cc(Br)ccc1C. The Kier molecular flexibility index (Phi) is 3.89. The summed E-state index contributed by atoms with van der Waals surface area (Å²) in [6.07, 6.45) is 3.15. The molecule has 0 unspecified atom stereocenters. The summed E-state index contributed by atoms with van der Waals surface area (Å²) in [5, 5.41) is 0. The van der Waals surface area contributed by atoms with Gasteiger partial charge >= 0.3 is 5.97 Å². The maximum atomic E-state index is 10.9. The van der Waals surface area contributed by atoms with Crippen LogP contribution in [0.3, 0.4) is 0 Å². The van der Waals surface area contributed by atoms with Crippen LogP contribution in [0.1, 0.15) is 11.1 Å². The van der Waals surface area contributed by atoms with Gasteiger partial charge in [-0.25, -0.2) is 4.79 Å². The monoisotopic (exact) mass is 254 g/mol. The van der Waals surface area contributed by atoms with Crippen molar-refractivity contribution in [3.63, 3.8) is 0 Å². The average molecular weight is 255 g/mol. The number of esters is 1. The third kappa shape index (κ3) is 3.00.